The van der Waals surface area contributed by atoms with Crippen LogP contribution >= 0.6 is 0 Å². The molecule has 0 aliphatic heterocycles. The molecule has 0 bridgehead atoms. The molecular formula is C16H20FN3O2. The number of hydrogen-bond donors (Lipinski definition) is 3. The van der Waals surface area contributed by atoms with Gasteiger partial charge in [-0.25, -0.2) is 4.39 Å². The lowest BCUT2D eigenvalue weighted by atomic mass is 9.97. The zero-order chi connectivity index (χ0) is 16.2. The molecule has 0 fully saturated rings. The van der Waals surface area contributed by atoms with Crippen molar-refractivity contribution < 1.29 is 14.3 Å². The number of aliphatic hydroxyl groups is 1. The van der Waals surface area contributed by atoms with Crippen LogP contribution in [0.15, 0.2) is 30.5 Å². The molecule has 0 unspecified atom stereocenters. The van der Waals surface area contributed by atoms with Gasteiger partial charge in [0, 0.05) is 12.1 Å². The van der Waals surface area contributed by atoms with E-state index in [1.54, 1.807) is 12.1 Å². The van der Waals surface area contributed by atoms with Gasteiger partial charge in [-0.2, -0.15) is 5.10 Å². The van der Waals surface area contributed by atoms with E-state index in [-0.39, 0.29) is 18.3 Å². The van der Waals surface area contributed by atoms with E-state index in [1.807, 2.05) is 13.8 Å². The third-order valence-corrected chi connectivity index (χ3v) is 3.91. The Morgan fingerprint density at radius 2 is 1.95 bits per heavy atom. The molecule has 1 amide bonds. The number of aromatic nitrogens is 2. The molecule has 1 heterocycles. The monoisotopic (exact) mass is 305 g/mol. The molecule has 0 saturated carbocycles. The number of rotatable bonds is 6. The molecule has 0 atom stereocenters. The zero-order valence-electron chi connectivity index (χ0n) is 12.7. The number of carbonyl (C=O) groups excluding carboxylic acids is 1. The van der Waals surface area contributed by atoms with Gasteiger partial charge in [-0.05, 0) is 37.1 Å². The third-order valence-electron chi connectivity index (χ3n) is 3.91. The SMILES string of the molecule is CCC(O)(CC)CNC(=O)c1cn[nH]c1-c1ccc(F)cc1. The van der Waals surface area contributed by atoms with Crippen LogP contribution in [-0.4, -0.2) is 33.4 Å². The van der Waals surface area contributed by atoms with Crippen LogP contribution in [0.5, 0.6) is 0 Å². The Labute approximate surface area is 128 Å². The van der Waals surface area contributed by atoms with Gasteiger partial charge >= 0.3 is 0 Å². The van der Waals surface area contributed by atoms with Crippen molar-refractivity contribution in [1.29, 1.82) is 0 Å². The Hall–Kier alpha value is -2.21. The van der Waals surface area contributed by atoms with Gasteiger partial charge in [0.15, 0.2) is 0 Å². The van der Waals surface area contributed by atoms with E-state index in [4.69, 9.17) is 0 Å². The predicted molar refractivity (Wildman–Crippen MR) is 81.8 cm³/mol. The minimum atomic E-state index is -0.907. The summed E-state index contributed by atoms with van der Waals surface area (Å²) in [6, 6.07) is 5.80. The van der Waals surface area contributed by atoms with Crippen LogP contribution in [0.4, 0.5) is 4.39 Å². The molecule has 0 aliphatic carbocycles. The number of carbonyl (C=O) groups is 1. The maximum Gasteiger partial charge on any atom is 0.255 e. The summed E-state index contributed by atoms with van der Waals surface area (Å²) in [5, 5.41) is 19.6. The molecule has 0 saturated heterocycles. The second-order valence-corrected chi connectivity index (χ2v) is 5.28. The quantitative estimate of drug-likeness (QED) is 0.767. The van der Waals surface area contributed by atoms with E-state index in [1.165, 1.54) is 18.3 Å². The van der Waals surface area contributed by atoms with E-state index < -0.39 is 5.60 Å². The minimum absolute atomic E-state index is 0.173. The van der Waals surface area contributed by atoms with E-state index in [9.17, 15) is 14.3 Å². The van der Waals surface area contributed by atoms with E-state index >= 15 is 0 Å². The first-order valence-corrected chi connectivity index (χ1v) is 7.29. The summed E-state index contributed by atoms with van der Waals surface area (Å²) in [6.45, 7) is 3.92. The average molecular weight is 305 g/mol. The van der Waals surface area contributed by atoms with Crippen LogP contribution in [0, 0.1) is 5.82 Å². The summed E-state index contributed by atoms with van der Waals surface area (Å²) in [7, 11) is 0. The summed E-state index contributed by atoms with van der Waals surface area (Å²) in [5.41, 5.74) is 0.649. The first-order chi connectivity index (χ1) is 10.5. The molecular weight excluding hydrogens is 285 g/mol. The van der Waals surface area contributed by atoms with Crippen LogP contribution in [-0.2, 0) is 0 Å². The third kappa shape index (κ3) is 3.51. The lowest BCUT2D eigenvalue weighted by molar-refractivity contribution is 0.0314. The molecule has 0 radical (unpaired) electrons. The molecule has 1 aromatic carbocycles. The normalized spacial score (nSPS) is 11.5. The number of amides is 1. The summed E-state index contributed by atoms with van der Waals surface area (Å²) < 4.78 is 13.0. The maximum atomic E-state index is 13.0. The molecule has 2 aromatic rings. The summed E-state index contributed by atoms with van der Waals surface area (Å²) in [6.07, 6.45) is 2.53. The standard InChI is InChI=1S/C16H20FN3O2/c1-3-16(22,4-2)10-18-15(21)13-9-19-20-14(13)11-5-7-12(17)8-6-11/h5-9,22H,3-4,10H2,1-2H3,(H,18,21)(H,19,20). The van der Waals surface area contributed by atoms with E-state index in [0.29, 0.717) is 29.7 Å². The Morgan fingerprint density at radius 3 is 2.55 bits per heavy atom. The highest BCUT2D eigenvalue weighted by Gasteiger charge is 2.24. The van der Waals surface area contributed by atoms with E-state index in [2.05, 4.69) is 15.5 Å². The molecule has 22 heavy (non-hydrogen) atoms. The van der Waals surface area contributed by atoms with Crippen LogP contribution in [0.1, 0.15) is 37.0 Å². The number of halogens is 1. The summed E-state index contributed by atoms with van der Waals surface area (Å²) in [4.78, 5) is 12.3. The molecule has 118 valence electrons. The number of nitrogens with one attached hydrogen (secondary N) is 2. The Balaban J connectivity index is 2.15. The van der Waals surface area contributed by atoms with Crippen molar-refractivity contribution in [2.24, 2.45) is 0 Å². The largest absolute Gasteiger partial charge is 0.388 e. The number of nitrogens with zero attached hydrogens (tertiary/aromatic N) is 1. The lowest BCUT2D eigenvalue weighted by Gasteiger charge is -2.25. The first kappa shape index (κ1) is 16.2. The fourth-order valence-electron chi connectivity index (χ4n) is 2.13. The van der Waals surface area contributed by atoms with Crippen molar-refractivity contribution in [3.05, 3.63) is 41.8 Å². The van der Waals surface area contributed by atoms with Gasteiger partial charge in [-0.1, -0.05) is 13.8 Å². The van der Waals surface area contributed by atoms with Gasteiger partial charge < -0.3 is 10.4 Å². The lowest BCUT2D eigenvalue weighted by Crippen LogP contribution is -2.42. The highest BCUT2D eigenvalue weighted by molar-refractivity contribution is 5.99. The van der Waals surface area contributed by atoms with E-state index in [0.717, 1.165) is 0 Å². The van der Waals surface area contributed by atoms with Crippen LogP contribution in [0.25, 0.3) is 11.3 Å². The van der Waals surface area contributed by atoms with Gasteiger partial charge in [-0.15, -0.1) is 0 Å². The van der Waals surface area contributed by atoms with Gasteiger partial charge in [0.05, 0.1) is 23.1 Å². The Bertz CT molecular complexity index is 633. The second kappa shape index (κ2) is 6.70. The number of aromatic amines is 1. The molecule has 1 aromatic heterocycles. The summed E-state index contributed by atoms with van der Waals surface area (Å²) in [5.74, 6) is -0.668. The molecule has 0 aliphatic rings. The molecule has 5 nitrogen and oxygen atoms in total. The topological polar surface area (TPSA) is 78.0 Å². The van der Waals surface area contributed by atoms with Gasteiger partial charge in [-0.3, -0.25) is 9.89 Å². The molecule has 3 N–H and O–H groups in total. The van der Waals surface area contributed by atoms with Crippen molar-refractivity contribution in [2.75, 3.05) is 6.54 Å². The highest BCUT2D eigenvalue weighted by atomic mass is 19.1. The van der Waals surface area contributed by atoms with Crippen LogP contribution in [0.3, 0.4) is 0 Å². The maximum absolute atomic E-state index is 13.0. The number of hydrogen-bond acceptors (Lipinski definition) is 3. The zero-order valence-corrected chi connectivity index (χ0v) is 12.7. The van der Waals surface area contributed by atoms with Crippen molar-refractivity contribution in [2.45, 2.75) is 32.3 Å². The van der Waals surface area contributed by atoms with Crippen molar-refractivity contribution >= 4 is 5.91 Å². The predicted octanol–water partition coefficient (Wildman–Crippen LogP) is 2.50. The molecule has 6 heteroatoms. The van der Waals surface area contributed by atoms with Crippen LogP contribution < -0.4 is 5.32 Å². The van der Waals surface area contributed by atoms with Crippen LogP contribution in [0.2, 0.25) is 0 Å². The highest BCUT2D eigenvalue weighted by Crippen LogP contribution is 2.21. The number of H-pyrrole nitrogens is 1. The molecule has 2 rings (SSSR count). The first-order valence-electron chi connectivity index (χ1n) is 7.29. The van der Waals surface area contributed by atoms with Crippen molar-refractivity contribution in [3.63, 3.8) is 0 Å². The fourth-order valence-corrected chi connectivity index (χ4v) is 2.13. The second-order valence-electron chi connectivity index (χ2n) is 5.28. The average Bonchev–Trinajstić information content (AvgIpc) is 3.02. The van der Waals surface area contributed by atoms with Crippen molar-refractivity contribution in [1.82, 2.24) is 15.5 Å². The summed E-state index contributed by atoms with van der Waals surface area (Å²) >= 11 is 0. The fraction of sp³-hybridized carbons (Fsp3) is 0.375. The van der Waals surface area contributed by atoms with Gasteiger partial charge in [0.2, 0.25) is 0 Å². The van der Waals surface area contributed by atoms with Gasteiger partial charge in [0.25, 0.3) is 5.91 Å². The number of benzene rings is 1. The Morgan fingerprint density at radius 1 is 1.32 bits per heavy atom. The molecule has 0 spiro atoms. The Kier molecular flexibility index (Phi) is 4.92. The van der Waals surface area contributed by atoms with Gasteiger partial charge in [0.1, 0.15) is 5.82 Å². The smallest absolute Gasteiger partial charge is 0.255 e. The van der Waals surface area contributed by atoms with Crippen molar-refractivity contribution in [3.8, 4) is 11.3 Å². The minimum Gasteiger partial charge on any atom is -0.388 e.